The van der Waals surface area contributed by atoms with Gasteiger partial charge in [-0.2, -0.15) is 0 Å². The van der Waals surface area contributed by atoms with Crippen molar-refractivity contribution < 1.29 is 23.8 Å². The maximum atomic E-state index is 11.8. The van der Waals surface area contributed by atoms with E-state index in [1.165, 1.54) is 14.2 Å². The zero-order chi connectivity index (χ0) is 15.4. The molecule has 6 heteroatoms. The summed E-state index contributed by atoms with van der Waals surface area (Å²) < 4.78 is 15.2. The van der Waals surface area contributed by atoms with Crippen LogP contribution in [0.25, 0.3) is 0 Å². The summed E-state index contributed by atoms with van der Waals surface area (Å²) in [7, 11) is 3.04. The molecule has 0 aromatic heterocycles. The Morgan fingerprint density at radius 2 is 2.00 bits per heavy atom. The number of benzene rings is 1. The van der Waals surface area contributed by atoms with E-state index in [4.69, 9.17) is 14.2 Å². The molecular formula is C15H19NO5. The molecular weight excluding hydrogens is 274 g/mol. The van der Waals surface area contributed by atoms with Gasteiger partial charge in [-0.05, 0) is 24.5 Å². The summed E-state index contributed by atoms with van der Waals surface area (Å²) in [6, 6.07) is 5.05. The lowest BCUT2D eigenvalue weighted by atomic mass is 10.2. The minimum absolute atomic E-state index is 0.0517. The van der Waals surface area contributed by atoms with Crippen molar-refractivity contribution >= 4 is 17.6 Å². The van der Waals surface area contributed by atoms with Crippen LogP contribution in [0.4, 0.5) is 5.69 Å². The Morgan fingerprint density at radius 3 is 2.57 bits per heavy atom. The average molecular weight is 293 g/mol. The first-order chi connectivity index (χ1) is 10.0. The van der Waals surface area contributed by atoms with Crippen LogP contribution >= 0.6 is 0 Å². The lowest BCUT2D eigenvalue weighted by Gasteiger charge is -2.11. The Hall–Kier alpha value is -2.24. The number of rotatable bonds is 6. The third-order valence-electron chi connectivity index (χ3n) is 3.44. The van der Waals surface area contributed by atoms with E-state index >= 15 is 0 Å². The number of carbonyl (C=O) groups excluding carboxylic acids is 2. The first-order valence-corrected chi connectivity index (χ1v) is 6.73. The van der Waals surface area contributed by atoms with Crippen LogP contribution in [0.2, 0.25) is 0 Å². The van der Waals surface area contributed by atoms with Crippen molar-refractivity contribution in [1.29, 1.82) is 0 Å². The molecule has 0 saturated heterocycles. The van der Waals surface area contributed by atoms with Crippen molar-refractivity contribution in [3.8, 4) is 11.5 Å². The molecule has 0 radical (unpaired) electrons. The predicted octanol–water partition coefficient (Wildman–Crippen LogP) is 1.84. The maximum Gasteiger partial charge on any atom is 0.309 e. The fourth-order valence-corrected chi connectivity index (χ4v) is 1.99. The molecule has 0 aliphatic heterocycles. The molecule has 2 rings (SSSR count). The van der Waals surface area contributed by atoms with Crippen molar-refractivity contribution in [2.24, 2.45) is 11.8 Å². The number of amides is 1. The quantitative estimate of drug-likeness (QED) is 0.810. The summed E-state index contributed by atoms with van der Waals surface area (Å²) in [5.41, 5.74) is 0.470. The van der Waals surface area contributed by atoms with E-state index in [2.05, 4.69) is 5.32 Å². The zero-order valence-corrected chi connectivity index (χ0v) is 12.3. The Bertz CT molecular complexity index is 543. The molecule has 1 aromatic carbocycles. The summed E-state index contributed by atoms with van der Waals surface area (Å²) >= 11 is 0. The van der Waals surface area contributed by atoms with Crippen LogP contribution in [0.15, 0.2) is 18.2 Å². The van der Waals surface area contributed by atoms with Gasteiger partial charge in [-0.25, -0.2) is 0 Å². The van der Waals surface area contributed by atoms with Gasteiger partial charge in [0, 0.05) is 6.07 Å². The van der Waals surface area contributed by atoms with Crippen molar-refractivity contribution in [2.45, 2.75) is 13.3 Å². The minimum atomic E-state index is -0.414. The summed E-state index contributed by atoms with van der Waals surface area (Å²) in [5.74, 6) is 0.683. The van der Waals surface area contributed by atoms with Gasteiger partial charge in [-0.15, -0.1) is 0 Å². The Balaban J connectivity index is 1.91. The molecule has 21 heavy (non-hydrogen) atoms. The number of methoxy groups -OCH3 is 2. The lowest BCUT2D eigenvalue weighted by molar-refractivity contribution is -0.148. The van der Waals surface area contributed by atoms with Gasteiger partial charge in [0.2, 0.25) is 0 Å². The molecule has 1 N–H and O–H groups in total. The number of nitrogens with one attached hydrogen (secondary N) is 1. The number of carbonyl (C=O) groups is 2. The third-order valence-corrected chi connectivity index (χ3v) is 3.44. The van der Waals surface area contributed by atoms with E-state index in [9.17, 15) is 9.59 Å². The van der Waals surface area contributed by atoms with Crippen molar-refractivity contribution in [1.82, 2.24) is 0 Å². The molecule has 1 aliphatic carbocycles. The SMILES string of the molecule is COc1ccc(OC)c(NC(=O)COC(=O)[C@@H]2C[C@@H]2C)c1. The average Bonchev–Trinajstić information content (AvgIpc) is 3.21. The number of anilines is 1. The first kappa shape index (κ1) is 15.2. The van der Waals surface area contributed by atoms with E-state index in [0.29, 0.717) is 23.1 Å². The van der Waals surface area contributed by atoms with E-state index in [-0.39, 0.29) is 18.5 Å². The van der Waals surface area contributed by atoms with E-state index in [1.54, 1.807) is 18.2 Å². The Morgan fingerprint density at radius 1 is 1.29 bits per heavy atom. The fraction of sp³-hybridized carbons (Fsp3) is 0.467. The van der Waals surface area contributed by atoms with Gasteiger partial charge < -0.3 is 19.5 Å². The highest BCUT2D eigenvalue weighted by atomic mass is 16.5. The fourth-order valence-electron chi connectivity index (χ4n) is 1.99. The van der Waals surface area contributed by atoms with Gasteiger partial charge in [-0.3, -0.25) is 9.59 Å². The second-order valence-corrected chi connectivity index (χ2v) is 5.04. The van der Waals surface area contributed by atoms with Gasteiger partial charge in [0.05, 0.1) is 25.8 Å². The van der Waals surface area contributed by atoms with Gasteiger partial charge in [0.15, 0.2) is 6.61 Å². The molecule has 1 saturated carbocycles. The zero-order valence-electron chi connectivity index (χ0n) is 12.3. The van der Waals surface area contributed by atoms with Crippen LogP contribution in [0.3, 0.4) is 0 Å². The summed E-state index contributed by atoms with van der Waals surface area (Å²) in [5, 5.41) is 2.64. The number of ether oxygens (including phenoxy) is 3. The monoisotopic (exact) mass is 293 g/mol. The van der Waals surface area contributed by atoms with Crippen molar-refractivity contribution in [3.05, 3.63) is 18.2 Å². The molecule has 114 valence electrons. The molecule has 1 amide bonds. The highest BCUT2D eigenvalue weighted by molar-refractivity contribution is 5.94. The van der Waals surface area contributed by atoms with E-state index in [1.807, 2.05) is 6.92 Å². The van der Waals surface area contributed by atoms with Gasteiger partial charge >= 0.3 is 5.97 Å². The number of hydrogen-bond acceptors (Lipinski definition) is 5. The largest absolute Gasteiger partial charge is 0.497 e. The highest BCUT2D eigenvalue weighted by Crippen LogP contribution is 2.38. The Labute approximate surface area is 123 Å². The highest BCUT2D eigenvalue weighted by Gasteiger charge is 2.40. The molecule has 2 atom stereocenters. The minimum Gasteiger partial charge on any atom is -0.497 e. The standard InChI is InChI=1S/C15H19NO5/c1-9-6-11(9)15(18)21-8-14(17)16-12-7-10(19-2)4-5-13(12)20-3/h4-5,7,9,11H,6,8H2,1-3H3,(H,16,17)/t9-,11+/m0/s1. The van der Waals surface area contributed by atoms with Crippen LogP contribution < -0.4 is 14.8 Å². The molecule has 1 aromatic rings. The number of esters is 1. The Kier molecular flexibility index (Phi) is 4.67. The van der Waals surface area contributed by atoms with Crippen LogP contribution in [0.5, 0.6) is 11.5 Å². The van der Waals surface area contributed by atoms with Crippen LogP contribution in [-0.4, -0.2) is 32.7 Å². The molecule has 6 nitrogen and oxygen atoms in total. The first-order valence-electron chi connectivity index (χ1n) is 6.73. The molecule has 0 bridgehead atoms. The maximum absolute atomic E-state index is 11.8. The van der Waals surface area contributed by atoms with E-state index < -0.39 is 5.91 Å². The van der Waals surface area contributed by atoms with E-state index in [0.717, 1.165) is 6.42 Å². The summed E-state index contributed by atoms with van der Waals surface area (Å²) in [6.45, 7) is 1.68. The molecule has 0 unspecified atom stereocenters. The topological polar surface area (TPSA) is 73.9 Å². The van der Waals surface area contributed by atoms with Crippen LogP contribution in [0, 0.1) is 11.8 Å². The van der Waals surface area contributed by atoms with Crippen molar-refractivity contribution in [3.63, 3.8) is 0 Å². The second-order valence-electron chi connectivity index (χ2n) is 5.04. The number of hydrogen-bond donors (Lipinski definition) is 1. The normalized spacial score (nSPS) is 19.6. The third kappa shape index (κ3) is 3.87. The van der Waals surface area contributed by atoms with Crippen LogP contribution in [-0.2, 0) is 14.3 Å². The predicted molar refractivity (Wildman–Crippen MR) is 76.4 cm³/mol. The van der Waals surface area contributed by atoms with Crippen LogP contribution in [0.1, 0.15) is 13.3 Å². The second kappa shape index (κ2) is 6.47. The molecule has 0 heterocycles. The molecule has 0 spiro atoms. The molecule has 1 fully saturated rings. The van der Waals surface area contributed by atoms with Crippen molar-refractivity contribution in [2.75, 3.05) is 26.1 Å². The van der Waals surface area contributed by atoms with Gasteiger partial charge in [-0.1, -0.05) is 6.92 Å². The van der Waals surface area contributed by atoms with Gasteiger partial charge in [0.1, 0.15) is 11.5 Å². The smallest absolute Gasteiger partial charge is 0.309 e. The molecule has 1 aliphatic rings. The lowest BCUT2D eigenvalue weighted by Crippen LogP contribution is -2.22. The summed E-state index contributed by atoms with van der Waals surface area (Å²) in [4.78, 5) is 23.4. The van der Waals surface area contributed by atoms with Gasteiger partial charge in [0.25, 0.3) is 5.91 Å². The summed E-state index contributed by atoms with van der Waals surface area (Å²) in [6.07, 6.45) is 0.837.